The summed E-state index contributed by atoms with van der Waals surface area (Å²) in [5.74, 6) is 0.127. The van der Waals surface area contributed by atoms with Crippen LogP contribution in [-0.4, -0.2) is 16.5 Å². The molecule has 21 heavy (non-hydrogen) atoms. The first-order valence-corrected chi connectivity index (χ1v) is 8.55. The summed E-state index contributed by atoms with van der Waals surface area (Å²) in [5.41, 5.74) is 1.11. The normalized spacial score (nSPS) is 16.8. The minimum absolute atomic E-state index is 0.127. The predicted molar refractivity (Wildman–Crippen MR) is 89.3 cm³/mol. The van der Waals surface area contributed by atoms with Crippen LogP contribution in [0.1, 0.15) is 38.5 Å². The number of nitrogens with one attached hydrogen (secondary N) is 1. The third-order valence-corrected chi connectivity index (χ3v) is 4.76. The average Bonchev–Trinajstić information content (AvgIpc) is 2.68. The van der Waals surface area contributed by atoms with Crippen molar-refractivity contribution in [3.63, 3.8) is 0 Å². The summed E-state index contributed by atoms with van der Waals surface area (Å²) in [4.78, 5) is 12.3. The Morgan fingerprint density at radius 3 is 2.71 bits per heavy atom. The van der Waals surface area contributed by atoms with Crippen molar-refractivity contribution in [2.24, 2.45) is 0 Å². The van der Waals surface area contributed by atoms with Gasteiger partial charge in [-0.1, -0.05) is 41.6 Å². The summed E-state index contributed by atoms with van der Waals surface area (Å²) < 4.78 is 3.09. The number of hydrogen-bond acceptors (Lipinski definition) is 1. The lowest BCUT2D eigenvalue weighted by molar-refractivity contribution is -0.122. The van der Waals surface area contributed by atoms with E-state index < -0.39 is 0 Å². The molecule has 3 rings (SSSR count). The SMILES string of the molecule is O=C(Cn1ccc2cc(Br)ccc21)NC1CCCCCC1. The van der Waals surface area contributed by atoms with E-state index in [4.69, 9.17) is 0 Å². The zero-order valence-electron chi connectivity index (χ0n) is 12.1. The third-order valence-electron chi connectivity index (χ3n) is 4.27. The molecule has 1 N–H and O–H groups in total. The number of aromatic nitrogens is 1. The number of benzene rings is 1. The van der Waals surface area contributed by atoms with Crippen molar-refractivity contribution in [1.82, 2.24) is 9.88 Å². The number of hydrogen-bond donors (Lipinski definition) is 1. The Bertz CT molecular complexity index is 627. The minimum Gasteiger partial charge on any atom is -0.352 e. The molecule has 1 aliphatic rings. The second kappa shape index (κ2) is 6.65. The maximum Gasteiger partial charge on any atom is 0.240 e. The van der Waals surface area contributed by atoms with Crippen LogP contribution < -0.4 is 5.32 Å². The van der Waals surface area contributed by atoms with E-state index in [1.54, 1.807) is 0 Å². The molecule has 2 aromatic rings. The Hall–Kier alpha value is -1.29. The number of carbonyl (C=O) groups is 1. The van der Waals surface area contributed by atoms with Crippen molar-refractivity contribution in [1.29, 1.82) is 0 Å². The van der Waals surface area contributed by atoms with E-state index >= 15 is 0 Å². The second-order valence-electron chi connectivity index (χ2n) is 5.90. The monoisotopic (exact) mass is 348 g/mol. The molecule has 0 radical (unpaired) electrons. The van der Waals surface area contributed by atoms with Gasteiger partial charge in [0.05, 0.1) is 0 Å². The summed E-state index contributed by atoms with van der Waals surface area (Å²) in [7, 11) is 0. The summed E-state index contributed by atoms with van der Waals surface area (Å²) in [6, 6.07) is 8.57. The number of carbonyl (C=O) groups excluding carboxylic acids is 1. The molecule has 1 fully saturated rings. The van der Waals surface area contributed by atoms with Gasteiger partial charge in [0.25, 0.3) is 0 Å². The van der Waals surface area contributed by atoms with Crippen LogP contribution in [0.4, 0.5) is 0 Å². The molecule has 0 saturated heterocycles. The van der Waals surface area contributed by atoms with Crippen molar-refractivity contribution < 1.29 is 4.79 Å². The zero-order valence-corrected chi connectivity index (χ0v) is 13.7. The highest BCUT2D eigenvalue weighted by Gasteiger charge is 2.15. The molecule has 0 bridgehead atoms. The lowest BCUT2D eigenvalue weighted by Gasteiger charge is -2.16. The largest absolute Gasteiger partial charge is 0.352 e. The van der Waals surface area contributed by atoms with Crippen LogP contribution in [0.3, 0.4) is 0 Å². The van der Waals surface area contributed by atoms with Crippen molar-refractivity contribution in [2.75, 3.05) is 0 Å². The Labute approximate surface area is 133 Å². The van der Waals surface area contributed by atoms with Crippen LogP contribution in [0.5, 0.6) is 0 Å². The van der Waals surface area contributed by atoms with Gasteiger partial charge in [-0.15, -0.1) is 0 Å². The lowest BCUT2D eigenvalue weighted by Crippen LogP contribution is -2.36. The van der Waals surface area contributed by atoms with E-state index in [1.165, 1.54) is 25.7 Å². The van der Waals surface area contributed by atoms with Gasteiger partial charge >= 0.3 is 0 Å². The van der Waals surface area contributed by atoms with Crippen molar-refractivity contribution >= 4 is 32.7 Å². The first kappa shape index (κ1) is 14.6. The lowest BCUT2D eigenvalue weighted by atomic mass is 10.1. The number of fused-ring (bicyclic) bond motifs is 1. The number of halogens is 1. The standard InChI is InChI=1S/C17H21BrN2O/c18-14-7-8-16-13(11-14)9-10-20(16)12-17(21)19-15-5-3-1-2-4-6-15/h7-11,15H,1-6,12H2,(H,19,21). The highest BCUT2D eigenvalue weighted by atomic mass is 79.9. The highest BCUT2D eigenvalue weighted by Crippen LogP contribution is 2.21. The van der Waals surface area contributed by atoms with E-state index in [2.05, 4.69) is 39.4 Å². The van der Waals surface area contributed by atoms with Crippen LogP contribution in [-0.2, 0) is 11.3 Å². The highest BCUT2D eigenvalue weighted by molar-refractivity contribution is 9.10. The molecule has 1 saturated carbocycles. The van der Waals surface area contributed by atoms with Crippen LogP contribution in [0, 0.1) is 0 Å². The van der Waals surface area contributed by atoms with Crippen LogP contribution in [0.15, 0.2) is 34.9 Å². The molecule has 0 unspecified atom stereocenters. The molecule has 4 heteroatoms. The van der Waals surface area contributed by atoms with Gasteiger partial charge < -0.3 is 9.88 Å². The molecule has 1 amide bonds. The quantitative estimate of drug-likeness (QED) is 0.826. The molecule has 0 aliphatic heterocycles. The number of rotatable bonds is 3. The van der Waals surface area contributed by atoms with Gasteiger partial charge in [-0.25, -0.2) is 0 Å². The van der Waals surface area contributed by atoms with E-state index in [1.807, 2.05) is 16.8 Å². The molecule has 112 valence electrons. The Morgan fingerprint density at radius 1 is 1.19 bits per heavy atom. The van der Waals surface area contributed by atoms with Gasteiger partial charge in [-0.2, -0.15) is 0 Å². The summed E-state index contributed by atoms with van der Waals surface area (Å²) >= 11 is 3.48. The molecule has 1 heterocycles. The molecule has 1 aromatic carbocycles. The maximum absolute atomic E-state index is 12.3. The number of nitrogens with zero attached hydrogens (tertiary/aromatic N) is 1. The van der Waals surface area contributed by atoms with Crippen molar-refractivity contribution in [2.45, 2.75) is 51.1 Å². The summed E-state index contributed by atoms with van der Waals surface area (Å²) in [6.07, 6.45) is 9.35. The van der Waals surface area contributed by atoms with Gasteiger partial charge in [0.2, 0.25) is 5.91 Å². The van der Waals surface area contributed by atoms with E-state index in [9.17, 15) is 4.79 Å². The van der Waals surface area contributed by atoms with Crippen molar-refractivity contribution in [3.05, 3.63) is 34.9 Å². The molecular formula is C17H21BrN2O. The topological polar surface area (TPSA) is 34.0 Å². The predicted octanol–water partition coefficient (Wildman–Crippen LogP) is 4.24. The average molecular weight is 349 g/mol. The van der Waals surface area contributed by atoms with Crippen LogP contribution >= 0.6 is 15.9 Å². The van der Waals surface area contributed by atoms with Crippen LogP contribution in [0.2, 0.25) is 0 Å². The molecule has 3 nitrogen and oxygen atoms in total. The third kappa shape index (κ3) is 3.67. The van der Waals surface area contributed by atoms with E-state index in [-0.39, 0.29) is 5.91 Å². The fraction of sp³-hybridized carbons (Fsp3) is 0.471. The molecule has 1 aromatic heterocycles. The molecule has 1 aliphatic carbocycles. The Kier molecular flexibility index (Phi) is 4.63. The maximum atomic E-state index is 12.3. The second-order valence-corrected chi connectivity index (χ2v) is 6.82. The smallest absolute Gasteiger partial charge is 0.240 e. The van der Waals surface area contributed by atoms with Crippen LogP contribution in [0.25, 0.3) is 10.9 Å². The molecule has 0 spiro atoms. The molecular weight excluding hydrogens is 328 g/mol. The summed E-state index contributed by atoms with van der Waals surface area (Å²) in [5, 5.41) is 4.36. The van der Waals surface area contributed by atoms with E-state index in [0.717, 1.165) is 28.2 Å². The Balaban J connectivity index is 1.65. The Morgan fingerprint density at radius 2 is 1.95 bits per heavy atom. The fourth-order valence-corrected chi connectivity index (χ4v) is 3.54. The van der Waals surface area contributed by atoms with Crippen molar-refractivity contribution in [3.8, 4) is 0 Å². The number of amides is 1. The zero-order chi connectivity index (χ0) is 14.7. The van der Waals surface area contributed by atoms with Gasteiger partial charge in [-0.3, -0.25) is 4.79 Å². The molecule has 0 atom stereocenters. The first-order chi connectivity index (χ1) is 10.2. The van der Waals surface area contributed by atoms with Gasteiger partial charge in [-0.05, 0) is 37.1 Å². The fourth-order valence-electron chi connectivity index (χ4n) is 3.16. The summed E-state index contributed by atoms with van der Waals surface area (Å²) in [6.45, 7) is 0.404. The van der Waals surface area contributed by atoms with E-state index in [0.29, 0.717) is 12.6 Å². The first-order valence-electron chi connectivity index (χ1n) is 7.76. The van der Waals surface area contributed by atoms with Gasteiger partial charge in [0.15, 0.2) is 0 Å². The van der Waals surface area contributed by atoms with Gasteiger partial charge in [0.1, 0.15) is 6.54 Å². The van der Waals surface area contributed by atoms with Gasteiger partial charge in [0, 0.05) is 27.6 Å². The minimum atomic E-state index is 0.127.